The van der Waals surface area contributed by atoms with Gasteiger partial charge in [-0.1, -0.05) is 0 Å². The molecule has 2 aliphatic rings. The summed E-state index contributed by atoms with van der Waals surface area (Å²) in [4.78, 5) is 15.5. The Labute approximate surface area is 157 Å². The van der Waals surface area contributed by atoms with Crippen molar-refractivity contribution >= 4 is 11.3 Å². The van der Waals surface area contributed by atoms with E-state index in [4.69, 9.17) is 14.6 Å². The summed E-state index contributed by atoms with van der Waals surface area (Å²) < 4.78 is 12.4. The number of hydrogen-bond donors (Lipinski definition) is 0. The molecule has 1 saturated heterocycles. The number of anilines is 1. The molecular weight excluding hydrogens is 344 g/mol. The summed E-state index contributed by atoms with van der Waals surface area (Å²) in [5.74, 6) is 2.02. The second-order valence-electron chi connectivity index (χ2n) is 7.34. The highest BCUT2D eigenvalue weighted by Crippen LogP contribution is 2.40. The van der Waals surface area contributed by atoms with E-state index in [1.54, 1.807) is 19.5 Å². The van der Waals surface area contributed by atoms with Crippen LogP contribution in [0.5, 0.6) is 11.9 Å². The van der Waals surface area contributed by atoms with E-state index < -0.39 is 0 Å². The molecule has 140 valence electrons. The topological polar surface area (TPSA) is 77.7 Å². The summed E-state index contributed by atoms with van der Waals surface area (Å²) in [6.07, 6.45) is 9.39. The average molecular weight is 366 g/mol. The molecule has 1 aliphatic heterocycles. The smallest absolute Gasteiger partial charge is 0.319 e. The first-order valence-corrected chi connectivity index (χ1v) is 9.30. The number of rotatable bonds is 4. The number of piperidine rings is 1. The van der Waals surface area contributed by atoms with Crippen molar-refractivity contribution in [2.24, 2.45) is 11.8 Å². The van der Waals surface area contributed by atoms with Crippen LogP contribution >= 0.6 is 0 Å². The predicted molar refractivity (Wildman–Crippen MR) is 100 cm³/mol. The zero-order valence-corrected chi connectivity index (χ0v) is 15.5. The van der Waals surface area contributed by atoms with Gasteiger partial charge in [0.05, 0.1) is 25.5 Å². The van der Waals surface area contributed by atoms with Crippen LogP contribution in [-0.4, -0.2) is 51.9 Å². The molecule has 2 bridgehead atoms. The zero-order chi connectivity index (χ0) is 18.4. The van der Waals surface area contributed by atoms with Crippen molar-refractivity contribution in [1.29, 1.82) is 0 Å². The molecule has 2 atom stereocenters. The van der Waals surface area contributed by atoms with E-state index in [-0.39, 0.29) is 6.01 Å². The molecule has 3 aromatic heterocycles. The maximum Gasteiger partial charge on any atom is 0.319 e. The van der Waals surface area contributed by atoms with Crippen LogP contribution in [0.15, 0.2) is 24.7 Å². The van der Waals surface area contributed by atoms with Crippen LogP contribution in [0.3, 0.4) is 0 Å². The van der Waals surface area contributed by atoms with Gasteiger partial charge in [0.2, 0.25) is 5.88 Å². The summed E-state index contributed by atoms with van der Waals surface area (Å²) in [5, 5.41) is 4.71. The van der Waals surface area contributed by atoms with Crippen LogP contribution in [-0.2, 0) is 0 Å². The molecule has 4 heterocycles. The predicted octanol–water partition coefficient (Wildman–Crippen LogP) is 2.44. The van der Waals surface area contributed by atoms with Crippen LogP contribution < -0.4 is 14.4 Å². The normalized spacial score (nSPS) is 21.6. The number of imidazole rings is 1. The number of nitrogens with zero attached hydrogens (tertiary/aromatic N) is 6. The maximum atomic E-state index is 5.46. The molecule has 0 aromatic carbocycles. The Kier molecular flexibility index (Phi) is 3.84. The lowest BCUT2D eigenvalue weighted by Crippen LogP contribution is -2.36. The van der Waals surface area contributed by atoms with Crippen LogP contribution in [0, 0.1) is 11.8 Å². The molecule has 8 heteroatoms. The summed E-state index contributed by atoms with van der Waals surface area (Å²) in [5.41, 5.74) is 3.48. The Morgan fingerprint density at radius 3 is 2.63 bits per heavy atom. The molecule has 8 nitrogen and oxygen atoms in total. The highest BCUT2D eigenvalue weighted by Gasteiger charge is 2.34. The molecule has 0 N–H and O–H groups in total. The van der Waals surface area contributed by atoms with Crippen molar-refractivity contribution in [3.05, 3.63) is 24.7 Å². The van der Waals surface area contributed by atoms with Gasteiger partial charge in [-0.15, -0.1) is 0 Å². The third kappa shape index (κ3) is 2.75. The second kappa shape index (κ2) is 6.37. The zero-order valence-electron chi connectivity index (χ0n) is 15.5. The monoisotopic (exact) mass is 366 g/mol. The maximum absolute atomic E-state index is 5.46. The van der Waals surface area contributed by atoms with E-state index in [1.807, 2.05) is 10.7 Å². The summed E-state index contributed by atoms with van der Waals surface area (Å²) in [6.45, 7) is 2.16. The minimum atomic E-state index is 0.270. The molecule has 27 heavy (non-hydrogen) atoms. The first-order chi connectivity index (χ1) is 13.2. The highest BCUT2D eigenvalue weighted by atomic mass is 16.5. The van der Waals surface area contributed by atoms with Crippen molar-refractivity contribution in [2.75, 3.05) is 32.2 Å². The largest absolute Gasteiger partial charge is 0.480 e. The van der Waals surface area contributed by atoms with Gasteiger partial charge in [-0.3, -0.25) is 0 Å². The summed E-state index contributed by atoms with van der Waals surface area (Å²) in [6, 6.07) is 2.35. The molecule has 2 fully saturated rings. The lowest BCUT2D eigenvalue weighted by Gasteiger charge is -2.33. The van der Waals surface area contributed by atoms with E-state index in [0.717, 1.165) is 47.5 Å². The van der Waals surface area contributed by atoms with Gasteiger partial charge < -0.3 is 14.4 Å². The van der Waals surface area contributed by atoms with Crippen molar-refractivity contribution in [3.8, 4) is 23.1 Å². The van der Waals surface area contributed by atoms with Crippen LogP contribution in [0.1, 0.15) is 19.3 Å². The van der Waals surface area contributed by atoms with Gasteiger partial charge >= 0.3 is 6.01 Å². The van der Waals surface area contributed by atoms with Crippen molar-refractivity contribution in [2.45, 2.75) is 19.3 Å². The second-order valence-corrected chi connectivity index (χ2v) is 7.34. The number of ether oxygens (including phenoxy) is 2. The molecule has 0 amide bonds. The van der Waals surface area contributed by atoms with Gasteiger partial charge in [0.15, 0.2) is 5.65 Å². The van der Waals surface area contributed by atoms with E-state index in [9.17, 15) is 0 Å². The Hall–Kier alpha value is -2.90. The molecule has 1 aliphatic carbocycles. The third-order valence-corrected chi connectivity index (χ3v) is 5.67. The van der Waals surface area contributed by atoms with Crippen molar-refractivity contribution in [1.82, 2.24) is 24.6 Å². The van der Waals surface area contributed by atoms with E-state index in [1.165, 1.54) is 26.4 Å². The Morgan fingerprint density at radius 2 is 1.89 bits per heavy atom. The number of aromatic nitrogens is 5. The summed E-state index contributed by atoms with van der Waals surface area (Å²) >= 11 is 0. The third-order valence-electron chi connectivity index (χ3n) is 5.67. The van der Waals surface area contributed by atoms with Crippen LogP contribution in [0.25, 0.3) is 16.9 Å². The fourth-order valence-electron chi connectivity index (χ4n) is 4.45. The summed E-state index contributed by atoms with van der Waals surface area (Å²) in [7, 11) is 3.12. The van der Waals surface area contributed by atoms with Gasteiger partial charge in [-0.2, -0.15) is 10.1 Å². The van der Waals surface area contributed by atoms with Gasteiger partial charge in [0.25, 0.3) is 0 Å². The Morgan fingerprint density at radius 1 is 1.07 bits per heavy atom. The SMILES string of the molecule is COc1ncc(-c2cc(N3CC4CCC(C4)C3)c3nccn3n2)c(OC)n1. The molecular formula is C19H22N6O2. The van der Waals surface area contributed by atoms with E-state index in [0.29, 0.717) is 5.88 Å². The Bertz CT molecular complexity index is 975. The molecule has 2 unspecified atom stereocenters. The van der Waals surface area contributed by atoms with Crippen LogP contribution in [0.4, 0.5) is 5.69 Å². The molecule has 0 radical (unpaired) electrons. The minimum absolute atomic E-state index is 0.270. The lowest BCUT2D eigenvalue weighted by atomic mass is 9.98. The fraction of sp³-hybridized carbons (Fsp3) is 0.474. The average Bonchev–Trinajstić information content (AvgIpc) is 3.32. The molecule has 3 aromatic rings. The van der Waals surface area contributed by atoms with Crippen molar-refractivity contribution < 1.29 is 9.47 Å². The standard InChI is InChI=1S/C19H22N6O2/c1-26-18-14(9-21-19(22-18)27-2)15-8-16(17-20-5-6-25(17)23-15)24-10-12-3-4-13(7-12)11-24/h5-6,8-9,12-13H,3-4,7,10-11H2,1-2H3. The van der Waals surface area contributed by atoms with Gasteiger partial charge in [-0.05, 0) is 37.2 Å². The molecule has 5 rings (SSSR count). The minimum Gasteiger partial charge on any atom is -0.480 e. The van der Waals surface area contributed by atoms with Gasteiger partial charge in [0.1, 0.15) is 5.69 Å². The molecule has 0 spiro atoms. The van der Waals surface area contributed by atoms with Gasteiger partial charge in [-0.25, -0.2) is 14.5 Å². The Balaban J connectivity index is 1.62. The quantitative estimate of drug-likeness (QED) is 0.702. The number of hydrogen-bond acceptors (Lipinski definition) is 7. The highest BCUT2D eigenvalue weighted by molar-refractivity contribution is 5.76. The number of methoxy groups -OCH3 is 2. The van der Waals surface area contributed by atoms with Gasteiger partial charge in [0, 0.05) is 31.7 Å². The first kappa shape index (κ1) is 16.3. The first-order valence-electron chi connectivity index (χ1n) is 9.30. The van der Waals surface area contributed by atoms with Crippen molar-refractivity contribution in [3.63, 3.8) is 0 Å². The number of fused-ring (bicyclic) bond motifs is 3. The van der Waals surface area contributed by atoms with E-state index in [2.05, 4.69) is 25.9 Å². The molecule has 1 saturated carbocycles. The van der Waals surface area contributed by atoms with Crippen LogP contribution in [0.2, 0.25) is 0 Å². The fourth-order valence-corrected chi connectivity index (χ4v) is 4.45. The van der Waals surface area contributed by atoms with E-state index >= 15 is 0 Å². The lowest BCUT2D eigenvalue weighted by molar-refractivity contribution is 0.353.